The molecule has 0 aromatic heterocycles. The summed E-state index contributed by atoms with van der Waals surface area (Å²) in [5.41, 5.74) is 11.5. The van der Waals surface area contributed by atoms with E-state index in [2.05, 4.69) is 27.4 Å². The SMILES string of the molecule is CCN(C)[C@@H]1Cc2ccc(OC)c3c2C2[C@@H](O3)C(OC(=O)N(C)CCNC(=O)[C@H](CCCN=C(N)N)NC(C)=O)=CC[C@]21O. The number of amides is 3. The summed E-state index contributed by atoms with van der Waals surface area (Å²) in [6.45, 7) is 4.76. The van der Waals surface area contributed by atoms with Crippen LogP contribution in [0.25, 0.3) is 0 Å². The van der Waals surface area contributed by atoms with Crippen molar-refractivity contribution in [2.45, 2.75) is 69.2 Å². The second-order valence-electron chi connectivity index (χ2n) is 11.6. The molecule has 0 spiro atoms. The molecule has 0 saturated heterocycles. The maximum atomic E-state index is 13.2. The Kier molecular flexibility index (Phi) is 10.3. The van der Waals surface area contributed by atoms with Crippen molar-refractivity contribution in [2.24, 2.45) is 16.5 Å². The van der Waals surface area contributed by atoms with Crippen molar-refractivity contribution in [3.63, 3.8) is 0 Å². The van der Waals surface area contributed by atoms with Crippen molar-refractivity contribution in [3.05, 3.63) is 35.1 Å². The second kappa shape index (κ2) is 13.7. The molecular weight excluding hydrogens is 570 g/mol. The minimum Gasteiger partial charge on any atom is -0.493 e. The minimum absolute atomic E-state index is 0.0410. The predicted octanol–water partition coefficient (Wildman–Crippen LogP) is 0.178. The first-order chi connectivity index (χ1) is 20.9. The first kappa shape index (κ1) is 32.9. The Morgan fingerprint density at radius 2 is 2.02 bits per heavy atom. The van der Waals surface area contributed by atoms with Crippen molar-refractivity contribution < 1.29 is 33.7 Å². The molecule has 7 N–H and O–H groups in total. The maximum absolute atomic E-state index is 13.2. The third-order valence-corrected chi connectivity index (χ3v) is 8.70. The molecule has 0 fully saturated rings. The first-order valence-electron chi connectivity index (χ1n) is 14.9. The largest absolute Gasteiger partial charge is 0.493 e. The molecule has 5 atom stereocenters. The zero-order chi connectivity index (χ0) is 32.2. The van der Waals surface area contributed by atoms with Gasteiger partial charge in [0.25, 0.3) is 0 Å². The number of carbonyl (C=O) groups is 3. The quantitative estimate of drug-likeness (QED) is 0.116. The van der Waals surface area contributed by atoms with Gasteiger partial charge in [0.2, 0.25) is 11.8 Å². The molecule has 1 unspecified atom stereocenters. The standard InChI is InChI=1S/C30H45N7O7/c1-6-36(3)22-16-18-9-10-20(42-5)25-23(18)24-26(44-25)21(11-12-30(22,24)41)43-29(40)37(4)15-14-33-27(39)19(35-17(2)38)8-7-13-34-28(31)32/h9-11,19,22,24,26,41H,6-8,12-16H2,1-5H3,(H,33,39)(H,35,38)(H4,31,32,34)/t19-,22+,24?,26-,30+/m0/s1. The highest BCUT2D eigenvalue weighted by atomic mass is 16.6. The highest BCUT2D eigenvalue weighted by molar-refractivity contribution is 5.86. The molecule has 1 heterocycles. The number of aliphatic hydroxyl groups is 1. The molecule has 44 heavy (non-hydrogen) atoms. The molecule has 1 aromatic carbocycles. The molecule has 3 aliphatic rings. The van der Waals surface area contributed by atoms with Crippen LogP contribution in [0.1, 0.15) is 50.2 Å². The summed E-state index contributed by atoms with van der Waals surface area (Å²) >= 11 is 0. The lowest BCUT2D eigenvalue weighted by Crippen LogP contribution is -2.61. The minimum atomic E-state index is -1.13. The first-order valence-corrected chi connectivity index (χ1v) is 14.9. The van der Waals surface area contributed by atoms with Crippen molar-refractivity contribution in [3.8, 4) is 11.5 Å². The molecule has 1 aliphatic heterocycles. The van der Waals surface area contributed by atoms with Gasteiger partial charge in [-0.2, -0.15) is 0 Å². The van der Waals surface area contributed by atoms with Crippen LogP contribution in [0.2, 0.25) is 0 Å². The van der Waals surface area contributed by atoms with Gasteiger partial charge in [0.05, 0.1) is 18.6 Å². The molecule has 4 rings (SSSR count). The number of hydrogen-bond acceptors (Lipinski definition) is 9. The highest BCUT2D eigenvalue weighted by Gasteiger charge is 2.60. The van der Waals surface area contributed by atoms with Crippen LogP contribution in [0.3, 0.4) is 0 Å². The zero-order valence-corrected chi connectivity index (χ0v) is 26.1. The van der Waals surface area contributed by atoms with Crippen molar-refractivity contribution in [1.29, 1.82) is 0 Å². The van der Waals surface area contributed by atoms with Crippen LogP contribution in [0.4, 0.5) is 4.79 Å². The number of guanidine groups is 1. The molecule has 14 heteroatoms. The number of hydrogen-bond donors (Lipinski definition) is 5. The van der Waals surface area contributed by atoms with E-state index in [0.29, 0.717) is 49.5 Å². The lowest BCUT2D eigenvalue weighted by Gasteiger charge is -2.50. The molecule has 3 amide bonds. The van der Waals surface area contributed by atoms with Crippen LogP contribution in [0.5, 0.6) is 11.5 Å². The summed E-state index contributed by atoms with van der Waals surface area (Å²) in [4.78, 5) is 44.9. The molecule has 242 valence electrons. The molecule has 0 bridgehead atoms. The van der Waals surface area contributed by atoms with Crippen LogP contribution in [-0.4, -0.2) is 110 Å². The van der Waals surface area contributed by atoms with Gasteiger partial charge in [-0.3, -0.25) is 14.6 Å². The second-order valence-corrected chi connectivity index (χ2v) is 11.6. The van der Waals surface area contributed by atoms with Gasteiger partial charge in [-0.25, -0.2) is 4.79 Å². The van der Waals surface area contributed by atoms with E-state index in [-0.39, 0.29) is 36.9 Å². The average Bonchev–Trinajstić information content (AvgIpc) is 3.40. The third kappa shape index (κ3) is 6.70. The van der Waals surface area contributed by atoms with Crippen LogP contribution >= 0.6 is 0 Å². The third-order valence-electron chi connectivity index (χ3n) is 8.70. The van der Waals surface area contributed by atoms with Gasteiger partial charge >= 0.3 is 6.09 Å². The monoisotopic (exact) mass is 615 g/mol. The number of nitrogens with zero attached hydrogens (tertiary/aromatic N) is 3. The predicted molar refractivity (Wildman–Crippen MR) is 163 cm³/mol. The Labute approximate surface area is 257 Å². The van der Waals surface area contributed by atoms with Crippen LogP contribution in [-0.2, 0) is 20.7 Å². The lowest BCUT2D eigenvalue weighted by molar-refractivity contribution is -0.128. The smallest absolute Gasteiger partial charge is 0.414 e. The fourth-order valence-electron chi connectivity index (χ4n) is 6.35. The Bertz CT molecular complexity index is 1310. The van der Waals surface area contributed by atoms with E-state index in [1.54, 1.807) is 20.2 Å². The van der Waals surface area contributed by atoms with Gasteiger partial charge in [0.1, 0.15) is 11.8 Å². The van der Waals surface area contributed by atoms with E-state index < -0.39 is 29.8 Å². The van der Waals surface area contributed by atoms with Gasteiger partial charge in [0.15, 0.2) is 23.6 Å². The summed E-state index contributed by atoms with van der Waals surface area (Å²) in [6, 6.07) is 2.98. The van der Waals surface area contributed by atoms with Crippen LogP contribution in [0.15, 0.2) is 29.0 Å². The van der Waals surface area contributed by atoms with Crippen LogP contribution in [0, 0.1) is 0 Å². The van der Waals surface area contributed by atoms with Gasteiger partial charge < -0.3 is 51.2 Å². The number of ether oxygens (including phenoxy) is 3. The number of nitrogens with one attached hydrogen (secondary N) is 2. The normalized spacial score (nSPS) is 23.4. The number of likely N-dealkylation sites (N-methyl/N-ethyl adjacent to an activating group) is 2. The van der Waals surface area contributed by atoms with E-state index in [4.69, 9.17) is 25.7 Å². The van der Waals surface area contributed by atoms with Gasteiger partial charge in [-0.15, -0.1) is 0 Å². The number of rotatable bonds is 13. The Balaban J connectivity index is 1.40. The summed E-state index contributed by atoms with van der Waals surface area (Å²) in [7, 11) is 5.13. The van der Waals surface area contributed by atoms with Crippen LogP contribution < -0.4 is 31.6 Å². The Hall–Kier alpha value is -4.04. The Morgan fingerprint density at radius 1 is 1.27 bits per heavy atom. The van der Waals surface area contributed by atoms with Gasteiger partial charge in [-0.1, -0.05) is 13.0 Å². The lowest BCUT2D eigenvalue weighted by atomic mass is 9.63. The van der Waals surface area contributed by atoms with E-state index in [1.165, 1.54) is 11.8 Å². The number of aliphatic imine (C=N–C) groups is 1. The number of benzene rings is 1. The van der Waals surface area contributed by atoms with E-state index in [9.17, 15) is 19.5 Å². The topological polar surface area (TPSA) is 194 Å². The summed E-state index contributed by atoms with van der Waals surface area (Å²) in [5, 5.41) is 17.5. The zero-order valence-electron chi connectivity index (χ0n) is 26.1. The van der Waals surface area contributed by atoms with Crippen molar-refractivity contribution >= 4 is 23.9 Å². The average molecular weight is 616 g/mol. The fourth-order valence-corrected chi connectivity index (χ4v) is 6.35. The molecule has 0 radical (unpaired) electrons. The van der Waals surface area contributed by atoms with E-state index in [0.717, 1.165) is 17.7 Å². The molecule has 0 saturated carbocycles. The molecule has 14 nitrogen and oxygen atoms in total. The molecule has 1 aromatic rings. The van der Waals surface area contributed by atoms with E-state index >= 15 is 0 Å². The maximum Gasteiger partial charge on any atom is 0.414 e. The van der Waals surface area contributed by atoms with Crippen molar-refractivity contribution in [2.75, 3.05) is 47.4 Å². The molecular formula is C30H45N7O7. The number of methoxy groups -OCH3 is 1. The highest BCUT2D eigenvalue weighted by Crippen LogP contribution is 2.59. The van der Waals surface area contributed by atoms with E-state index in [1.807, 2.05) is 19.2 Å². The summed E-state index contributed by atoms with van der Waals surface area (Å²) in [6.07, 6.45) is 2.19. The molecule has 2 aliphatic carbocycles. The summed E-state index contributed by atoms with van der Waals surface area (Å²) in [5.74, 6) is 0.263. The van der Waals surface area contributed by atoms with Crippen molar-refractivity contribution in [1.82, 2.24) is 20.4 Å². The van der Waals surface area contributed by atoms with Gasteiger partial charge in [-0.05, 0) is 50.6 Å². The fraction of sp³-hybridized carbons (Fsp3) is 0.600. The number of nitrogens with two attached hydrogens (primary N) is 2. The number of carbonyl (C=O) groups excluding carboxylic acids is 3. The Morgan fingerprint density at radius 3 is 2.68 bits per heavy atom. The summed E-state index contributed by atoms with van der Waals surface area (Å²) < 4.78 is 17.8. The van der Waals surface area contributed by atoms with Gasteiger partial charge in [0, 0.05) is 51.6 Å².